The van der Waals surface area contributed by atoms with Crippen molar-refractivity contribution in [2.24, 2.45) is 0 Å². The van der Waals surface area contributed by atoms with Crippen LogP contribution in [0.15, 0.2) is 48.0 Å². The van der Waals surface area contributed by atoms with Crippen LogP contribution in [0.5, 0.6) is 0 Å². The number of nitrogens with zero attached hydrogens (tertiary/aromatic N) is 1. The van der Waals surface area contributed by atoms with Gasteiger partial charge in [0.25, 0.3) is 0 Å². The average molecular weight is 300 g/mol. The summed E-state index contributed by atoms with van der Waals surface area (Å²) in [7, 11) is 0. The van der Waals surface area contributed by atoms with Crippen molar-refractivity contribution in [1.29, 1.82) is 0 Å². The zero-order chi connectivity index (χ0) is 14.7. The Morgan fingerprint density at radius 1 is 1.29 bits per heavy atom. The second kappa shape index (κ2) is 6.33. The Morgan fingerprint density at radius 2 is 2.19 bits per heavy atom. The van der Waals surface area contributed by atoms with Crippen LogP contribution in [-0.2, 0) is 6.42 Å². The van der Waals surface area contributed by atoms with Crippen LogP contribution in [0.25, 0.3) is 10.2 Å². The van der Waals surface area contributed by atoms with Crippen molar-refractivity contribution >= 4 is 21.6 Å². The fourth-order valence-corrected chi connectivity index (χ4v) is 3.30. The average Bonchev–Trinajstić information content (AvgIpc) is 2.94. The van der Waals surface area contributed by atoms with Crippen molar-refractivity contribution in [3.8, 4) is 0 Å². The Kier molecular flexibility index (Phi) is 4.27. The number of thiophene rings is 1. The SMILES string of the molecule is CCNC(Cc1cccc(F)c1)c1cnc2ccsc2c1. The van der Waals surface area contributed by atoms with E-state index < -0.39 is 0 Å². The van der Waals surface area contributed by atoms with Crippen LogP contribution in [0.4, 0.5) is 4.39 Å². The third-order valence-corrected chi connectivity index (χ3v) is 4.36. The number of rotatable bonds is 5. The van der Waals surface area contributed by atoms with Gasteiger partial charge in [0.1, 0.15) is 5.82 Å². The van der Waals surface area contributed by atoms with E-state index in [1.54, 1.807) is 23.5 Å². The smallest absolute Gasteiger partial charge is 0.123 e. The molecular formula is C17H17FN2S. The lowest BCUT2D eigenvalue weighted by Gasteiger charge is -2.18. The highest BCUT2D eigenvalue weighted by atomic mass is 32.1. The highest BCUT2D eigenvalue weighted by Gasteiger charge is 2.13. The van der Waals surface area contributed by atoms with Gasteiger partial charge < -0.3 is 5.32 Å². The molecule has 0 aliphatic rings. The Balaban J connectivity index is 1.89. The molecule has 0 aliphatic carbocycles. The zero-order valence-corrected chi connectivity index (χ0v) is 12.7. The van der Waals surface area contributed by atoms with E-state index in [0.29, 0.717) is 0 Å². The number of nitrogens with one attached hydrogen (secondary N) is 1. The van der Waals surface area contributed by atoms with Crippen LogP contribution < -0.4 is 5.32 Å². The summed E-state index contributed by atoms with van der Waals surface area (Å²) in [6.45, 7) is 2.94. The summed E-state index contributed by atoms with van der Waals surface area (Å²) in [4.78, 5) is 4.50. The number of hydrogen-bond donors (Lipinski definition) is 1. The van der Waals surface area contributed by atoms with Crippen LogP contribution in [0.3, 0.4) is 0 Å². The highest BCUT2D eigenvalue weighted by Crippen LogP contribution is 2.25. The first-order valence-electron chi connectivity index (χ1n) is 7.07. The standard InChI is InChI=1S/C17H17FN2S/c1-2-19-16(9-12-4-3-5-14(18)8-12)13-10-17-15(20-11-13)6-7-21-17/h3-8,10-11,16,19H,2,9H2,1H3. The van der Waals surface area contributed by atoms with Gasteiger partial charge in [0, 0.05) is 12.2 Å². The molecule has 0 amide bonds. The lowest BCUT2D eigenvalue weighted by molar-refractivity contribution is 0.546. The van der Waals surface area contributed by atoms with E-state index in [4.69, 9.17) is 0 Å². The normalized spacial score (nSPS) is 12.7. The van der Waals surface area contributed by atoms with E-state index in [2.05, 4.69) is 28.7 Å². The second-order valence-electron chi connectivity index (χ2n) is 5.02. The minimum absolute atomic E-state index is 0.149. The van der Waals surface area contributed by atoms with Crippen LogP contribution >= 0.6 is 11.3 Å². The molecule has 2 heterocycles. The summed E-state index contributed by atoms with van der Waals surface area (Å²) in [6.07, 6.45) is 2.67. The lowest BCUT2D eigenvalue weighted by Crippen LogP contribution is -2.23. The largest absolute Gasteiger partial charge is 0.310 e. The molecule has 108 valence electrons. The molecule has 1 aromatic carbocycles. The second-order valence-corrected chi connectivity index (χ2v) is 5.96. The third kappa shape index (κ3) is 3.28. The molecule has 2 aromatic heterocycles. The number of halogens is 1. The maximum absolute atomic E-state index is 13.3. The topological polar surface area (TPSA) is 24.9 Å². The molecule has 0 saturated heterocycles. The molecule has 0 fully saturated rings. The molecule has 0 aliphatic heterocycles. The zero-order valence-electron chi connectivity index (χ0n) is 11.8. The molecule has 21 heavy (non-hydrogen) atoms. The fraction of sp³-hybridized carbons (Fsp3) is 0.235. The Morgan fingerprint density at radius 3 is 3.00 bits per heavy atom. The van der Waals surface area contributed by atoms with Crippen molar-refractivity contribution < 1.29 is 4.39 Å². The Labute approximate surface area is 127 Å². The summed E-state index contributed by atoms with van der Waals surface area (Å²) in [5.41, 5.74) is 3.17. The summed E-state index contributed by atoms with van der Waals surface area (Å²) in [5.74, 6) is -0.186. The van der Waals surface area contributed by atoms with E-state index in [9.17, 15) is 4.39 Å². The van der Waals surface area contributed by atoms with Crippen molar-refractivity contribution in [1.82, 2.24) is 10.3 Å². The van der Waals surface area contributed by atoms with Gasteiger partial charge in [0.05, 0.1) is 10.2 Å². The maximum Gasteiger partial charge on any atom is 0.123 e. The molecule has 0 bridgehead atoms. The van der Waals surface area contributed by atoms with Gasteiger partial charge in [-0.05, 0) is 53.7 Å². The number of hydrogen-bond acceptors (Lipinski definition) is 3. The first kappa shape index (κ1) is 14.2. The predicted octanol–water partition coefficient (Wildman–Crippen LogP) is 4.33. The van der Waals surface area contributed by atoms with E-state index in [-0.39, 0.29) is 11.9 Å². The molecule has 1 unspecified atom stereocenters. The van der Waals surface area contributed by atoms with E-state index >= 15 is 0 Å². The molecule has 2 nitrogen and oxygen atoms in total. The molecule has 0 radical (unpaired) electrons. The van der Waals surface area contributed by atoms with Crippen molar-refractivity contribution in [2.45, 2.75) is 19.4 Å². The van der Waals surface area contributed by atoms with E-state index in [0.717, 1.165) is 29.6 Å². The summed E-state index contributed by atoms with van der Waals surface area (Å²) >= 11 is 1.70. The fourth-order valence-electron chi connectivity index (χ4n) is 2.51. The molecule has 3 rings (SSSR count). The third-order valence-electron chi connectivity index (χ3n) is 3.51. The molecule has 1 atom stereocenters. The van der Waals surface area contributed by atoms with Gasteiger partial charge >= 0.3 is 0 Å². The van der Waals surface area contributed by atoms with Gasteiger partial charge in [0.2, 0.25) is 0 Å². The Bertz CT molecular complexity index is 738. The number of pyridine rings is 1. The quantitative estimate of drug-likeness (QED) is 0.758. The van der Waals surface area contributed by atoms with Gasteiger partial charge in [-0.2, -0.15) is 0 Å². The van der Waals surface area contributed by atoms with Gasteiger partial charge in [-0.15, -0.1) is 11.3 Å². The maximum atomic E-state index is 13.3. The highest BCUT2D eigenvalue weighted by molar-refractivity contribution is 7.17. The number of aromatic nitrogens is 1. The van der Waals surface area contributed by atoms with Crippen molar-refractivity contribution in [3.63, 3.8) is 0 Å². The summed E-state index contributed by atoms with van der Waals surface area (Å²) < 4.78 is 14.5. The van der Waals surface area contributed by atoms with Gasteiger partial charge in [0.15, 0.2) is 0 Å². The molecule has 3 aromatic rings. The van der Waals surface area contributed by atoms with E-state index in [1.165, 1.54) is 10.8 Å². The number of likely N-dealkylation sites (N-methyl/N-ethyl adjacent to an activating group) is 1. The number of benzene rings is 1. The van der Waals surface area contributed by atoms with Gasteiger partial charge in [-0.1, -0.05) is 19.1 Å². The molecule has 4 heteroatoms. The Hall–Kier alpha value is -1.78. The monoisotopic (exact) mass is 300 g/mol. The molecule has 0 spiro atoms. The van der Waals surface area contributed by atoms with Crippen molar-refractivity contribution in [3.05, 3.63) is 64.9 Å². The van der Waals surface area contributed by atoms with Crippen molar-refractivity contribution in [2.75, 3.05) is 6.54 Å². The van der Waals surface area contributed by atoms with Crippen LogP contribution in [0, 0.1) is 5.82 Å². The minimum Gasteiger partial charge on any atom is -0.310 e. The minimum atomic E-state index is -0.186. The summed E-state index contributed by atoms with van der Waals surface area (Å²) in [5, 5.41) is 5.52. The van der Waals surface area contributed by atoms with Gasteiger partial charge in [-0.25, -0.2) is 4.39 Å². The van der Waals surface area contributed by atoms with Crippen LogP contribution in [0.2, 0.25) is 0 Å². The molecular weight excluding hydrogens is 283 g/mol. The molecule has 0 saturated carbocycles. The van der Waals surface area contributed by atoms with Crippen LogP contribution in [0.1, 0.15) is 24.1 Å². The first-order valence-corrected chi connectivity index (χ1v) is 7.95. The van der Waals surface area contributed by atoms with Crippen LogP contribution in [-0.4, -0.2) is 11.5 Å². The number of fused-ring (bicyclic) bond motifs is 1. The molecule has 1 N–H and O–H groups in total. The van der Waals surface area contributed by atoms with E-state index in [1.807, 2.05) is 18.3 Å². The lowest BCUT2D eigenvalue weighted by atomic mass is 10.00. The predicted molar refractivity (Wildman–Crippen MR) is 86.1 cm³/mol. The summed E-state index contributed by atoms with van der Waals surface area (Å²) in [6, 6.07) is 11.2. The van der Waals surface area contributed by atoms with Gasteiger partial charge in [-0.3, -0.25) is 4.98 Å². The first-order chi connectivity index (χ1) is 10.3.